The third-order valence-electron chi connectivity index (χ3n) is 4.22. The van der Waals surface area contributed by atoms with Gasteiger partial charge in [-0.15, -0.1) is 0 Å². The van der Waals surface area contributed by atoms with E-state index in [9.17, 15) is 13.2 Å². The van der Waals surface area contributed by atoms with Gasteiger partial charge in [-0.2, -0.15) is 0 Å². The van der Waals surface area contributed by atoms with E-state index in [2.05, 4.69) is 15.4 Å². The lowest BCUT2D eigenvalue weighted by Crippen LogP contribution is -2.33. The first-order valence-corrected chi connectivity index (χ1v) is 9.56. The average molecular weight is 355 g/mol. The molecule has 2 rings (SSSR count). The Morgan fingerprint density at radius 3 is 2.83 bits per heavy atom. The van der Waals surface area contributed by atoms with E-state index < -0.39 is 10.0 Å². The quantitative estimate of drug-likeness (QED) is 0.670. The molecule has 1 aromatic carbocycles. The second-order valence-electron chi connectivity index (χ2n) is 5.83. The van der Waals surface area contributed by atoms with E-state index in [-0.39, 0.29) is 16.6 Å². The Kier molecular flexibility index (Phi) is 6.59. The SMILES string of the molecule is CNS(=O)(=O)c1cc(C(=O)NCCC2CCCNC2)ccc1OC. The predicted octanol–water partition coefficient (Wildman–Crippen LogP) is 0.723. The second kappa shape index (κ2) is 8.46. The van der Waals surface area contributed by atoms with Crippen LogP contribution in [0.1, 0.15) is 29.6 Å². The summed E-state index contributed by atoms with van der Waals surface area (Å²) in [5, 5.41) is 6.21. The number of carbonyl (C=O) groups is 1. The molecule has 7 nitrogen and oxygen atoms in total. The molecule has 134 valence electrons. The van der Waals surface area contributed by atoms with Gasteiger partial charge < -0.3 is 15.4 Å². The standard InChI is InChI=1S/C16H25N3O4S/c1-17-24(21,22)15-10-13(5-6-14(15)23-2)16(20)19-9-7-12-4-3-8-18-11-12/h5-6,10,12,17-18H,3-4,7-9,11H2,1-2H3,(H,19,20). The molecule has 1 aliphatic heterocycles. The van der Waals surface area contributed by atoms with Crippen molar-refractivity contribution in [2.24, 2.45) is 5.92 Å². The molecule has 0 aliphatic carbocycles. The van der Waals surface area contributed by atoms with Crippen LogP contribution in [0.5, 0.6) is 5.75 Å². The predicted molar refractivity (Wildman–Crippen MR) is 91.8 cm³/mol. The van der Waals surface area contributed by atoms with Crippen molar-refractivity contribution in [3.8, 4) is 5.75 Å². The summed E-state index contributed by atoms with van der Waals surface area (Å²) in [6, 6.07) is 4.39. The number of carbonyl (C=O) groups excluding carboxylic acids is 1. The van der Waals surface area contributed by atoms with Gasteiger partial charge in [0.2, 0.25) is 10.0 Å². The van der Waals surface area contributed by atoms with E-state index in [1.54, 1.807) is 6.07 Å². The smallest absolute Gasteiger partial charge is 0.251 e. The van der Waals surface area contributed by atoms with E-state index >= 15 is 0 Å². The van der Waals surface area contributed by atoms with Crippen LogP contribution in [0.25, 0.3) is 0 Å². The third-order valence-corrected chi connectivity index (χ3v) is 5.66. The fraction of sp³-hybridized carbons (Fsp3) is 0.562. The lowest BCUT2D eigenvalue weighted by Gasteiger charge is -2.22. The van der Waals surface area contributed by atoms with E-state index in [1.807, 2.05) is 0 Å². The maximum Gasteiger partial charge on any atom is 0.251 e. The fourth-order valence-electron chi connectivity index (χ4n) is 2.80. The molecule has 0 saturated carbocycles. The van der Waals surface area contributed by atoms with Gasteiger partial charge >= 0.3 is 0 Å². The maximum atomic E-state index is 12.3. The zero-order valence-electron chi connectivity index (χ0n) is 14.1. The Hall–Kier alpha value is -1.64. The van der Waals surface area contributed by atoms with E-state index in [0.717, 1.165) is 19.5 Å². The lowest BCUT2D eigenvalue weighted by molar-refractivity contribution is 0.0950. The molecule has 1 unspecified atom stereocenters. The molecule has 1 saturated heterocycles. The van der Waals surface area contributed by atoms with Gasteiger partial charge in [0.05, 0.1) is 7.11 Å². The van der Waals surface area contributed by atoms with Gasteiger partial charge in [-0.3, -0.25) is 4.79 Å². The molecule has 1 aliphatic rings. The molecule has 0 spiro atoms. The molecule has 24 heavy (non-hydrogen) atoms. The summed E-state index contributed by atoms with van der Waals surface area (Å²) in [5.41, 5.74) is 0.298. The van der Waals surface area contributed by atoms with Crippen LogP contribution >= 0.6 is 0 Å². The molecule has 1 aromatic rings. The third kappa shape index (κ3) is 4.68. The zero-order valence-corrected chi connectivity index (χ0v) is 14.9. The van der Waals surface area contributed by atoms with Crippen LogP contribution in [-0.2, 0) is 10.0 Å². The van der Waals surface area contributed by atoms with Gasteiger partial charge in [-0.25, -0.2) is 13.1 Å². The Balaban J connectivity index is 2.02. The minimum absolute atomic E-state index is 0.0448. The molecule has 1 fully saturated rings. The number of hydrogen-bond acceptors (Lipinski definition) is 5. The van der Waals surface area contributed by atoms with Crippen molar-refractivity contribution in [2.75, 3.05) is 33.8 Å². The number of rotatable bonds is 7. The first-order valence-electron chi connectivity index (χ1n) is 8.08. The van der Waals surface area contributed by atoms with Crippen LogP contribution in [-0.4, -0.2) is 48.1 Å². The van der Waals surface area contributed by atoms with Crippen molar-refractivity contribution in [1.29, 1.82) is 0 Å². The zero-order chi connectivity index (χ0) is 17.6. The summed E-state index contributed by atoms with van der Waals surface area (Å²) >= 11 is 0. The summed E-state index contributed by atoms with van der Waals surface area (Å²) in [5.74, 6) is 0.498. The van der Waals surface area contributed by atoms with Crippen molar-refractivity contribution >= 4 is 15.9 Å². The average Bonchev–Trinajstić information content (AvgIpc) is 2.62. The molecular weight excluding hydrogens is 330 g/mol. The molecule has 1 amide bonds. The van der Waals surface area contributed by atoms with E-state index in [0.29, 0.717) is 18.0 Å². The summed E-state index contributed by atoms with van der Waals surface area (Å²) in [7, 11) is -0.988. The van der Waals surface area contributed by atoms with Crippen LogP contribution in [0.2, 0.25) is 0 Å². The van der Waals surface area contributed by atoms with Crippen LogP contribution in [0.15, 0.2) is 23.1 Å². The second-order valence-corrected chi connectivity index (χ2v) is 7.69. The first-order chi connectivity index (χ1) is 11.5. The van der Waals surface area contributed by atoms with Gasteiger partial charge in [0.1, 0.15) is 10.6 Å². The Labute approximate surface area is 143 Å². The first kappa shape index (κ1) is 18.7. The topological polar surface area (TPSA) is 96.5 Å². The monoisotopic (exact) mass is 355 g/mol. The van der Waals surface area contributed by atoms with Crippen molar-refractivity contribution in [1.82, 2.24) is 15.4 Å². The minimum Gasteiger partial charge on any atom is -0.495 e. The van der Waals surface area contributed by atoms with Crippen molar-refractivity contribution < 1.29 is 17.9 Å². The van der Waals surface area contributed by atoms with Gasteiger partial charge in [0.25, 0.3) is 5.91 Å². The fourth-order valence-corrected chi connectivity index (χ4v) is 3.72. The van der Waals surface area contributed by atoms with Gasteiger partial charge in [-0.1, -0.05) is 0 Å². The summed E-state index contributed by atoms with van der Waals surface area (Å²) in [4.78, 5) is 12.2. The van der Waals surface area contributed by atoms with E-state index in [1.165, 1.54) is 39.1 Å². The van der Waals surface area contributed by atoms with Gasteiger partial charge in [0, 0.05) is 12.1 Å². The number of benzene rings is 1. The van der Waals surface area contributed by atoms with Crippen molar-refractivity contribution in [3.63, 3.8) is 0 Å². The summed E-state index contributed by atoms with van der Waals surface area (Å²) in [6.07, 6.45) is 3.26. The number of amides is 1. The maximum absolute atomic E-state index is 12.3. The Bertz CT molecular complexity index is 670. The number of piperidine rings is 1. The largest absolute Gasteiger partial charge is 0.495 e. The minimum atomic E-state index is -3.70. The number of nitrogens with one attached hydrogen (secondary N) is 3. The molecule has 0 bridgehead atoms. The van der Waals surface area contributed by atoms with E-state index in [4.69, 9.17) is 4.74 Å². The summed E-state index contributed by atoms with van der Waals surface area (Å²) < 4.78 is 31.4. The van der Waals surface area contributed by atoms with Crippen LogP contribution < -0.4 is 20.1 Å². The van der Waals surface area contributed by atoms with Crippen LogP contribution in [0.3, 0.4) is 0 Å². The molecule has 1 heterocycles. The normalized spacial score (nSPS) is 18.2. The highest BCUT2D eigenvalue weighted by Gasteiger charge is 2.20. The highest BCUT2D eigenvalue weighted by Crippen LogP contribution is 2.24. The number of methoxy groups -OCH3 is 1. The molecule has 1 atom stereocenters. The van der Waals surface area contributed by atoms with Gasteiger partial charge in [0.15, 0.2) is 0 Å². The lowest BCUT2D eigenvalue weighted by atomic mass is 9.96. The molecule has 0 aromatic heterocycles. The van der Waals surface area contributed by atoms with Crippen LogP contribution in [0, 0.1) is 5.92 Å². The molecule has 0 radical (unpaired) electrons. The molecular formula is C16H25N3O4S. The highest BCUT2D eigenvalue weighted by atomic mass is 32.2. The van der Waals surface area contributed by atoms with Gasteiger partial charge in [-0.05, 0) is 63.5 Å². The summed E-state index contributed by atoms with van der Waals surface area (Å²) in [6.45, 7) is 2.63. The van der Waals surface area contributed by atoms with Crippen molar-refractivity contribution in [3.05, 3.63) is 23.8 Å². The number of sulfonamides is 1. The molecule has 3 N–H and O–H groups in total. The number of hydrogen-bond donors (Lipinski definition) is 3. The number of ether oxygens (including phenoxy) is 1. The van der Waals surface area contributed by atoms with Crippen molar-refractivity contribution in [2.45, 2.75) is 24.2 Å². The Morgan fingerprint density at radius 2 is 2.21 bits per heavy atom. The molecule has 8 heteroatoms. The van der Waals surface area contributed by atoms with Crippen LogP contribution in [0.4, 0.5) is 0 Å². The highest BCUT2D eigenvalue weighted by molar-refractivity contribution is 7.89. The Morgan fingerprint density at radius 1 is 1.42 bits per heavy atom.